The van der Waals surface area contributed by atoms with Crippen molar-refractivity contribution in [3.8, 4) is 10.8 Å². The Kier molecular flexibility index (Phi) is 5.27. The Hall–Kier alpha value is -2.52. The number of fused-ring (bicyclic) bond motifs is 1. The molecule has 0 atom stereocenters. The Bertz CT molecular complexity index is 1090. The van der Waals surface area contributed by atoms with E-state index in [1.54, 1.807) is 0 Å². The summed E-state index contributed by atoms with van der Waals surface area (Å²) in [7, 11) is -3.53. The van der Waals surface area contributed by atoms with Gasteiger partial charge >= 0.3 is 0 Å². The average molecular weight is 418 g/mol. The molecule has 0 spiro atoms. The molecule has 1 aliphatic carbocycles. The zero-order valence-corrected chi connectivity index (χ0v) is 16.7. The number of benzene rings is 1. The minimum Gasteiger partial charge on any atom is -0.333 e. The maximum absolute atomic E-state index is 12.3. The molecule has 4 rings (SSSR count). The third-order valence-corrected chi connectivity index (χ3v) is 6.95. The van der Waals surface area contributed by atoms with Gasteiger partial charge in [-0.05, 0) is 54.0 Å². The van der Waals surface area contributed by atoms with Gasteiger partial charge in [-0.2, -0.15) is 4.98 Å². The van der Waals surface area contributed by atoms with Crippen molar-refractivity contribution in [1.29, 1.82) is 0 Å². The van der Waals surface area contributed by atoms with E-state index >= 15 is 0 Å². The Balaban J connectivity index is 1.31. The third-order valence-electron chi connectivity index (χ3n) is 4.57. The van der Waals surface area contributed by atoms with Crippen LogP contribution in [-0.4, -0.2) is 30.2 Å². The Morgan fingerprint density at radius 2 is 2.07 bits per heavy atom. The van der Waals surface area contributed by atoms with Crippen LogP contribution in [0.3, 0.4) is 0 Å². The van der Waals surface area contributed by atoms with E-state index in [9.17, 15) is 13.2 Å². The Labute approximate surface area is 166 Å². The van der Waals surface area contributed by atoms with E-state index in [0.29, 0.717) is 11.6 Å². The highest BCUT2D eigenvalue weighted by molar-refractivity contribution is 7.90. The maximum atomic E-state index is 12.3. The summed E-state index contributed by atoms with van der Waals surface area (Å²) in [6, 6.07) is 9.53. The second kappa shape index (κ2) is 7.84. The molecule has 2 heterocycles. The zero-order valence-electron chi connectivity index (χ0n) is 15.1. The fourth-order valence-electron chi connectivity index (χ4n) is 3.20. The highest BCUT2D eigenvalue weighted by Gasteiger charge is 2.20. The van der Waals surface area contributed by atoms with Crippen LogP contribution in [0.1, 0.15) is 29.8 Å². The van der Waals surface area contributed by atoms with Crippen molar-refractivity contribution < 1.29 is 17.7 Å². The number of thiophene rings is 1. The summed E-state index contributed by atoms with van der Waals surface area (Å²) in [6.45, 7) is 0. The van der Waals surface area contributed by atoms with Crippen LogP contribution in [0.5, 0.6) is 0 Å². The molecule has 2 aromatic heterocycles. The number of nitrogens with zero attached hydrogens (tertiary/aromatic N) is 2. The number of aryl methyl sites for hydroxylation is 2. The molecular formula is C19H19N3O4S2. The highest BCUT2D eigenvalue weighted by atomic mass is 32.2. The van der Waals surface area contributed by atoms with Gasteiger partial charge in [0.05, 0.1) is 10.6 Å². The predicted molar refractivity (Wildman–Crippen MR) is 107 cm³/mol. The van der Waals surface area contributed by atoms with E-state index in [0.717, 1.165) is 24.1 Å². The van der Waals surface area contributed by atoms with Gasteiger partial charge in [-0.1, -0.05) is 17.3 Å². The van der Waals surface area contributed by atoms with Crippen LogP contribution in [0.25, 0.3) is 10.8 Å². The molecule has 146 valence electrons. The monoisotopic (exact) mass is 417 g/mol. The van der Waals surface area contributed by atoms with Crippen LogP contribution < -0.4 is 5.32 Å². The van der Waals surface area contributed by atoms with Crippen LogP contribution in [0.15, 0.2) is 40.2 Å². The second-order valence-corrected chi connectivity index (χ2v) is 9.85. The summed E-state index contributed by atoms with van der Waals surface area (Å²) in [6.07, 6.45) is 3.11. The first kappa shape index (κ1) is 18.8. The van der Waals surface area contributed by atoms with Gasteiger partial charge in [0.25, 0.3) is 5.89 Å². The van der Waals surface area contributed by atoms with Crippen molar-refractivity contribution in [3.63, 3.8) is 0 Å². The van der Waals surface area contributed by atoms with Gasteiger partial charge in [-0.25, -0.2) is 8.42 Å². The molecule has 0 bridgehead atoms. The van der Waals surface area contributed by atoms with Gasteiger partial charge in [0.1, 0.15) is 5.75 Å². The van der Waals surface area contributed by atoms with Crippen LogP contribution in [0.2, 0.25) is 0 Å². The first-order valence-electron chi connectivity index (χ1n) is 8.97. The lowest BCUT2D eigenvalue weighted by Gasteiger charge is -2.07. The van der Waals surface area contributed by atoms with E-state index in [1.165, 1.54) is 22.5 Å². The number of nitrogens with one attached hydrogen (secondary N) is 1. The third kappa shape index (κ3) is 4.48. The molecule has 7 nitrogen and oxygen atoms in total. The van der Waals surface area contributed by atoms with Crippen molar-refractivity contribution >= 4 is 32.8 Å². The molecule has 1 aliphatic rings. The second-order valence-electron chi connectivity index (χ2n) is 6.72. The standard InChI is InChI=1S/C19H19N3O4S2/c23-18(20-15-7-6-13-3-1-4-14(13)11-15)8-10-28(24,25)12-17-21-19(26-22-17)16-5-2-9-27-16/h2,5-7,9,11H,1,3-4,8,10,12H2,(H,20,23). The molecule has 0 aliphatic heterocycles. The lowest BCUT2D eigenvalue weighted by molar-refractivity contribution is -0.115. The van der Waals surface area contributed by atoms with Crippen molar-refractivity contribution in [3.05, 3.63) is 52.7 Å². The fraction of sp³-hybridized carbons (Fsp3) is 0.316. The van der Waals surface area contributed by atoms with Crippen LogP contribution in [-0.2, 0) is 33.2 Å². The van der Waals surface area contributed by atoms with Crippen molar-refractivity contribution in [1.82, 2.24) is 10.1 Å². The summed E-state index contributed by atoms with van der Waals surface area (Å²) in [4.78, 5) is 17.0. The Morgan fingerprint density at radius 3 is 2.89 bits per heavy atom. The number of sulfone groups is 1. The summed E-state index contributed by atoms with van der Waals surface area (Å²) >= 11 is 1.43. The molecule has 1 amide bonds. The van der Waals surface area contributed by atoms with Crippen LogP contribution >= 0.6 is 11.3 Å². The zero-order chi connectivity index (χ0) is 19.6. The van der Waals surface area contributed by atoms with Gasteiger partial charge in [0.15, 0.2) is 15.7 Å². The first-order valence-corrected chi connectivity index (χ1v) is 11.7. The molecule has 28 heavy (non-hydrogen) atoms. The lowest BCUT2D eigenvalue weighted by Crippen LogP contribution is -2.18. The van der Waals surface area contributed by atoms with Crippen molar-refractivity contribution in [2.45, 2.75) is 31.4 Å². The van der Waals surface area contributed by atoms with Crippen molar-refractivity contribution in [2.75, 3.05) is 11.1 Å². The number of carbonyl (C=O) groups excluding carboxylic acids is 1. The van der Waals surface area contributed by atoms with Gasteiger partial charge in [0, 0.05) is 12.1 Å². The normalized spacial score (nSPS) is 13.4. The fourth-order valence-corrected chi connectivity index (χ4v) is 5.00. The molecule has 1 N–H and O–H groups in total. The van der Waals surface area contributed by atoms with E-state index in [-0.39, 0.29) is 29.7 Å². The summed E-state index contributed by atoms with van der Waals surface area (Å²) < 4.78 is 29.7. The molecule has 0 radical (unpaired) electrons. The predicted octanol–water partition coefficient (Wildman–Crippen LogP) is 3.23. The lowest BCUT2D eigenvalue weighted by atomic mass is 10.1. The molecular weight excluding hydrogens is 398 g/mol. The molecule has 0 saturated heterocycles. The molecule has 9 heteroatoms. The van der Waals surface area contributed by atoms with Crippen LogP contribution in [0.4, 0.5) is 5.69 Å². The van der Waals surface area contributed by atoms with Gasteiger partial charge < -0.3 is 9.84 Å². The maximum Gasteiger partial charge on any atom is 0.268 e. The topological polar surface area (TPSA) is 102 Å². The number of hydrogen-bond acceptors (Lipinski definition) is 7. The van der Waals surface area contributed by atoms with Gasteiger partial charge in [-0.15, -0.1) is 11.3 Å². The van der Waals surface area contributed by atoms with E-state index in [1.807, 2.05) is 35.7 Å². The van der Waals surface area contributed by atoms with Gasteiger partial charge in [-0.3, -0.25) is 4.79 Å². The minimum absolute atomic E-state index is 0.0995. The molecule has 1 aromatic carbocycles. The smallest absolute Gasteiger partial charge is 0.268 e. The molecule has 0 unspecified atom stereocenters. The van der Waals surface area contributed by atoms with E-state index < -0.39 is 9.84 Å². The van der Waals surface area contributed by atoms with E-state index in [4.69, 9.17) is 4.52 Å². The number of hydrogen-bond donors (Lipinski definition) is 1. The number of rotatable bonds is 7. The van der Waals surface area contributed by atoms with Crippen LogP contribution in [0, 0.1) is 0 Å². The quantitative estimate of drug-likeness (QED) is 0.633. The van der Waals surface area contributed by atoms with E-state index in [2.05, 4.69) is 15.5 Å². The molecule has 0 fully saturated rings. The number of anilines is 1. The number of aromatic nitrogens is 2. The summed E-state index contributed by atoms with van der Waals surface area (Å²) in [5.41, 5.74) is 3.29. The summed E-state index contributed by atoms with van der Waals surface area (Å²) in [5.74, 6) is -0.549. The average Bonchev–Trinajstić information content (AvgIpc) is 3.40. The first-order chi connectivity index (χ1) is 13.5. The largest absolute Gasteiger partial charge is 0.333 e. The number of carbonyl (C=O) groups is 1. The number of amides is 1. The van der Waals surface area contributed by atoms with Gasteiger partial charge in [0.2, 0.25) is 5.91 Å². The summed E-state index contributed by atoms with van der Waals surface area (Å²) in [5, 5.41) is 8.38. The highest BCUT2D eigenvalue weighted by Crippen LogP contribution is 2.25. The molecule has 0 saturated carbocycles. The van der Waals surface area contributed by atoms with Crippen molar-refractivity contribution in [2.24, 2.45) is 0 Å². The Morgan fingerprint density at radius 1 is 1.21 bits per heavy atom. The molecule has 3 aromatic rings. The SMILES string of the molecule is O=C(CCS(=O)(=O)Cc1noc(-c2cccs2)n1)Nc1ccc2c(c1)CCC2. The minimum atomic E-state index is -3.53.